The number of anilines is 1. The minimum atomic E-state index is -0.558. The monoisotopic (exact) mass is 342 g/mol. The van der Waals surface area contributed by atoms with Gasteiger partial charge in [-0.2, -0.15) is 0 Å². The van der Waals surface area contributed by atoms with Gasteiger partial charge in [0.1, 0.15) is 0 Å². The third kappa shape index (κ3) is 3.14. The molecule has 0 unspecified atom stereocenters. The first-order chi connectivity index (χ1) is 10.2. The summed E-state index contributed by atoms with van der Waals surface area (Å²) in [5, 5.41) is 0.647. The average molecular weight is 343 g/mol. The van der Waals surface area contributed by atoms with E-state index in [1.165, 1.54) is 11.0 Å². The molecule has 0 bridgehead atoms. The molecule has 1 aromatic carbocycles. The van der Waals surface area contributed by atoms with Crippen molar-refractivity contribution in [3.05, 3.63) is 27.7 Å². The van der Waals surface area contributed by atoms with Gasteiger partial charge < -0.3 is 4.90 Å². The molecule has 0 radical (unpaired) electrons. The molecule has 2 rings (SSSR count). The number of hydrogen-bond acceptors (Lipinski definition) is 3. The van der Waals surface area contributed by atoms with Crippen molar-refractivity contribution in [2.24, 2.45) is 0 Å². The van der Waals surface area contributed by atoms with Crippen LogP contribution in [0.5, 0.6) is 0 Å². The predicted molar refractivity (Wildman–Crippen MR) is 90.1 cm³/mol. The number of carbonyl (C=O) groups excluding carboxylic acids is 2. The Morgan fingerprint density at radius 2 is 1.68 bits per heavy atom. The van der Waals surface area contributed by atoms with Gasteiger partial charge in [-0.15, -0.1) is 0 Å². The lowest BCUT2D eigenvalue weighted by Crippen LogP contribution is -2.43. The number of carbonyl (C=O) groups is 2. The summed E-state index contributed by atoms with van der Waals surface area (Å²) in [6, 6.07) is 3.83. The molecule has 0 N–H and O–H groups in total. The highest BCUT2D eigenvalue weighted by molar-refractivity contribution is 6.55. The van der Waals surface area contributed by atoms with Crippen molar-refractivity contribution in [1.29, 1.82) is 0 Å². The maximum Gasteiger partial charge on any atom is 0.299 e. The topological polar surface area (TPSA) is 40.6 Å². The molecule has 4 nitrogen and oxygen atoms in total. The first-order valence-electron chi connectivity index (χ1n) is 7.35. The fourth-order valence-corrected chi connectivity index (χ4v) is 3.46. The number of rotatable bonds is 5. The van der Waals surface area contributed by atoms with Crippen LogP contribution in [0.25, 0.3) is 0 Å². The zero-order valence-corrected chi connectivity index (χ0v) is 14.7. The van der Waals surface area contributed by atoms with E-state index in [1.54, 1.807) is 6.07 Å². The lowest BCUT2D eigenvalue weighted by atomic mass is 10.1. The van der Waals surface area contributed by atoms with Crippen LogP contribution >= 0.6 is 23.2 Å². The van der Waals surface area contributed by atoms with Crippen molar-refractivity contribution in [3.8, 4) is 0 Å². The summed E-state index contributed by atoms with van der Waals surface area (Å²) >= 11 is 12.1. The van der Waals surface area contributed by atoms with Crippen molar-refractivity contribution in [3.63, 3.8) is 0 Å². The van der Waals surface area contributed by atoms with Gasteiger partial charge in [0.2, 0.25) is 0 Å². The van der Waals surface area contributed by atoms with Crippen LogP contribution in [0.1, 0.15) is 38.1 Å². The van der Waals surface area contributed by atoms with E-state index in [4.69, 9.17) is 23.2 Å². The summed E-state index contributed by atoms with van der Waals surface area (Å²) in [5.74, 6) is -1.09. The minimum Gasteiger partial charge on any atom is -0.303 e. The van der Waals surface area contributed by atoms with E-state index in [0.29, 0.717) is 35.9 Å². The maximum absolute atomic E-state index is 12.2. The maximum atomic E-state index is 12.2. The van der Waals surface area contributed by atoms with E-state index in [1.807, 2.05) is 0 Å². The quantitative estimate of drug-likeness (QED) is 0.767. The molecule has 0 fully saturated rings. The summed E-state index contributed by atoms with van der Waals surface area (Å²) in [4.78, 5) is 28.1. The van der Waals surface area contributed by atoms with Crippen molar-refractivity contribution < 1.29 is 9.59 Å². The van der Waals surface area contributed by atoms with Gasteiger partial charge in [0.15, 0.2) is 0 Å². The molecule has 0 saturated heterocycles. The van der Waals surface area contributed by atoms with E-state index in [-0.39, 0.29) is 10.6 Å². The third-order valence-corrected chi connectivity index (χ3v) is 4.42. The number of amides is 1. The van der Waals surface area contributed by atoms with Crippen LogP contribution in [0.15, 0.2) is 12.1 Å². The zero-order chi connectivity index (χ0) is 16.6. The Kier molecular flexibility index (Phi) is 5.15. The van der Waals surface area contributed by atoms with Crippen LogP contribution in [-0.4, -0.2) is 41.8 Å². The Balaban J connectivity index is 2.27. The normalized spacial score (nSPS) is 14.7. The molecule has 0 aromatic heterocycles. The summed E-state index contributed by atoms with van der Waals surface area (Å²) in [6.45, 7) is 9.55. The number of Topliss-reactive ketones (excluding diaryl/α,β-unsaturated/α-hetero) is 1. The Morgan fingerprint density at radius 1 is 1.09 bits per heavy atom. The van der Waals surface area contributed by atoms with Gasteiger partial charge in [-0.1, -0.05) is 23.2 Å². The number of nitrogens with zero attached hydrogens (tertiary/aromatic N) is 2. The van der Waals surface area contributed by atoms with Crippen molar-refractivity contribution >= 4 is 40.6 Å². The summed E-state index contributed by atoms with van der Waals surface area (Å²) < 4.78 is 0. The lowest BCUT2D eigenvalue weighted by molar-refractivity contribution is -0.114. The number of ketones is 1. The Labute approximate surface area is 141 Å². The van der Waals surface area contributed by atoms with Crippen LogP contribution in [0, 0.1) is 0 Å². The molecule has 1 aromatic rings. The summed E-state index contributed by atoms with van der Waals surface area (Å²) in [5.41, 5.74) is 0.775. The second-order valence-corrected chi connectivity index (χ2v) is 6.84. The number of halogens is 2. The zero-order valence-electron chi connectivity index (χ0n) is 13.2. The molecule has 22 heavy (non-hydrogen) atoms. The van der Waals surface area contributed by atoms with Crippen LogP contribution in [0.4, 0.5) is 5.69 Å². The van der Waals surface area contributed by atoms with Crippen LogP contribution in [-0.2, 0) is 4.79 Å². The van der Waals surface area contributed by atoms with Crippen molar-refractivity contribution in [2.45, 2.75) is 39.8 Å². The first-order valence-corrected chi connectivity index (χ1v) is 8.10. The van der Waals surface area contributed by atoms with Gasteiger partial charge >= 0.3 is 0 Å². The van der Waals surface area contributed by atoms with Crippen molar-refractivity contribution in [1.82, 2.24) is 4.90 Å². The molecule has 1 aliphatic heterocycles. The van der Waals surface area contributed by atoms with E-state index in [0.717, 1.165) is 0 Å². The molecule has 1 amide bonds. The lowest BCUT2D eigenvalue weighted by Gasteiger charge is -2.32. The van der Waals surface area contributed by atoms with E-state index >= 15 is 0 Å². The van der Waals surface area contributed by atoms with Gasteiger partial charge in [-0.05, 0) is 39.8 Å². The standard InChI is InChI=1S/C16H20Cl2N2O2/c1-9(2)19(10(3)4)5-6-20-13-8-11(17)7-12(18)14(13)15(21)16(20)22/h7-10H,5-6H2,1-4H3. The van der Waals surface area contributed by atoms with E-state index in [9.17, 15) is 9.59 Å². The molecule has 0 saturated carbocycles. The smallest absolute Gasteiger partial charge is 0.299 e. The Bertz CT molecular complexity index is 606. The first kappa shape index (κ1) is 17.3. The average Bonchev–Trinajstić information content (AvgIpc) is 2.62. The molecular weight excluding hydrogens is 323 g/mol. The highest BCUT2D eigenvalue weighted by Crippen LogP contribution is 2.37. The predicted octanol–water partition coefficient (Wildman–Crippen LogP) is 3.64. The molecule has 0 spiro atoms. The van der Waals surface area contributed by atoms with Gasteiger partial charge in [0.05, 0.1) is 16.3 Å². The molecule has 1 heterocycles. The number of hydrogen-bond donors (Lipinski definition) is 0. The summed E-state index contributed by atoms with van der Waals surface area (Å²) in [6.07, 6.45) is 0. The van der Waals surface area contributed by atoms with Gasteiger partial charge in [-0.3, -0.25) is 14.5 Å². The highest BCUT2D eigenvalue weighted by Gasteiger charge is 2.38. The highest BCUT2D eigenvalue weighted by atomic mass is 35.5. The molecule has 1 aliphatic rings. The second-order valence-electron chi connectivity index (χ2n) is 5.99. The van der Waals surface area contributed by atoms with Crippen LogP contribution < -0.4 is 4.90 Å². The fourth-order valence-electron chi connectivity index (χ4n) is 2.89. The molecular formula is C16H20Cl2N2O2. The molecule has 0 aliphatic carbocycles. The van der Waals surface area contributed by atoms with Gasteiger partial charge in [0, 0.05) is 30.2 Å². The van der Waals surface area contributed by atoms with Crippen molar-refractivity contribution in [2.75, 3.05) is 18.0 Å². The number of fused-ring (bicyclic) bond motifs is 1. The third-order valence-electron chi connectivity index (χ3n) is 3.90. The molecule has 120 valence electrons. The minimum absolute atomic E-state index is 0.230. The van der Waals surface area contributed by atoms with Gasteiger partial charge in [0.25, 0.3) is 11.7 Å². The van der Waals surface area contributed by atoms with Gasteiger partial charge in [-0.25, -0.2) is 0 Å². The molecule has 0 atom stereocenters. The Hall–Kier alpha value is -1.10. The second kappa shape index (κ2) is 6.57. The molecule has 6 heteroatoms. The van der Waals surface area contributed by atoms with E-state index < -0.39 is 11.7 Å². The fraction of sp³-hybridized carbons (Fsp3) is 0.500. The van der Waals surface area contributed by atoms with Crippen LogP contribution in [0.3, 0.4) is 0 Å². The number of benzene rings is 1. The largest absolute Gasteiger partial charge is 0.303 e. The summed E-state index contributed by atoms with van der Waals surface area (Å²) in [7, 11) is 0. The Morgan fingerprint density at radius 3 is 2.23 bits per heavy atom. The van der Waals surface area contributed by atoms with Crippen LogP contribution in [0.2, 0.25) is 10.0 Å². The van der Waals surface area contributed by atoms with E-state index in [2.05, 4.69) is 32.6 Å². The SMILES string of the molecule is CC(C)N(CCN1C(=O)C(=O)c2c(Cl)cc(Cl)cc21)C(C)C.